The van der Waals surface area contributed by atoms with Crippen LogP contribution in [0.1, 0.15) is 17.3 Å². The lowest BCUT2D eigenvalue weighted by Crippen LogP contribution is -2.37. The van der Waals surface area contributed by atoms with Crippen LogP contribution in [0, 0.1) is 0 Å². The van der Waals surface area contributed by atoms with Crippen molar-refractivity contribution in [1.29, 1.82) is 0 Å². The molecule has 6 heteroatoms. The predicted octanol–water partition coefficient (Wildman–Crippen LogP) is 0.885. The van der Waals surface area contributed by atoms with Crippen LogP contribution in [0.4, 0.5) is 11.4 Å². The Morgan fingerprint density at radius 2 is 1.71 bits per heavy atom. The van der Waals surface area contributed by atoms with Crippen molar-refractivity contribution < 1.29 is 9.59 Å². The lowest BCUT2D eigenvalue weighted by Gasteiger charge is -2.26. The zero-order valence-electron chi connectivity index (χ0n) is 13.4. The summed E-state index contributed by atoms with van der Waals surface area (Å²) in [5.41, 5.74) is 7.82. The fraction of sp³-hybridized carbons (Fsp3) is 0.467. The van der Waals surface area contributed by atoms with Crippen molar-refractivity contribution in [3.63, 3.8) is 0 Å². The third-order valence-electron chi connectivity index (χ3n) is 3.23. The van der Waals surface area contributed by atoms with Gasteiger partial charge in [0.1, 0.15) is 0 Å². The Hall–Kier alpha value is -2.24. The van der Waals surface area contributed by atoms with Gasteiger partial charge in [-0.05, 0) is 25.1 Å². The van der Waals surface area contributed by atoms with Gasteiger partial charge in [0.25, 0.3) is 5.91 Å². The number of carbonyl (C=O) groups is 2. The topological polar surface area (TPSA) is 69.9 Å². The third kappa shape index (κ3) is 4.11. The SMILES string of the molecule is CCN(CC(=O)N(C)C)c1cc(C(=O)N(C)C)ccc1N. The second kappa shape index (κ2) is 6.97. The summed E-state index contributed by atoms with van der Waals surface area (Å²) in [4.78, 5) is 28.8. The Morgan fingerprint density at radius 3 is 2.19 bits per heavy atom. The second-order valence-electron chi connectivity index (χ2n) is 5.28. The minimum atomic E-state index is -0.0914. The van der Waals surface area contributed by atoms with Gasteiger partial charge >= 0.3 is 0 Å². The number of rotatable bonds is 5. The molecule has 0 aliphatic carbocycles. The molecule has 1 aromatic carbocycles. The average Bonchev–Trinajstić information content (AvgIpc) is 2.44. The highest BCUT2D eigenvalue weighted by Gasteiger charge is 2.16. The van der Waals surface area contributed by atoms with Crippen molar-refractivity contribution in [1.82, 2.24) is 9.80 Å². The lowest BCUT2D eigenvalue weighted by molar-refractivity contribution is -0.127. The van der Waals surface area contributed by atoms with Crippen LogP contribution in [0.3, 0.4) is 0 Å². The number of anilines is 2. The number of benzene rings is 1. The number of hydrogen-bond acceptors (Lipinski definition) is 4. The normalized spacial score (nSPS) is 10.1. The zero-order valence-corrected chi connectivity index (χ0v) is 13.4. The Balaban J connectivity index is 3.11. The molecule has 0 saturated heterocycles. The fourth-order valence-corrected chi connectivity index (χ4v) is 1.88. The van der Waals surface area contributed by atoms with Crippen molar-refractivity contribution >= 4 is 23.2 Å². The van der Waals surface area contributed by atoms with Gasteiger partial charge in [0.15, 0.2) is 0 Å². The highest BCUT2D eigenvalue weighted by Crippen LogP contribution is 2.25. The molecule has 1 rings (SSSR count). The Labute approximate surface area is 126 Å². The van der Waals surface area contributed by atoms with Gasteiger partial charge in [-0.1, -0.05) is 0 Å². The summed E-state index contributed by atoms with van der Waals surface area (Å²) in [5.74, 6) is -0.105. The number of carbonyl (C=O) groups excluding carboxylic acids is 2. The summed E-state index contributed by atoms with van der Waals surface area (Å²) in [7, 11) is 6.83. The van der Waals surface area contributed by atoms with E-state index < -0.39 is 0 Å². The molecule has 0 spiro atoms. The maximum absolute atomic E-state index is 12.0. The summed E-state index contributed by atoms with van der Waals surface area (Å²) < 4.78 is 0. The molecule has 0 aliphatic heterocycles. The van der Waals surface area contributed by atoms with Gasteiger partial charge in [-0.2, -0.15) is 0 Å². The Morgan fingerprint density at radius 1 is 1.10 bits per heavy atom. The number of likely N-dealkylation sites (N-methyl/N-ethyl adjacent to an activating group) is 2. The lowest BCUT2D eigenvalue weighted by atomic mass is 10.1. The fourth-order valence-electron chi connectivity index (χ4n) is 1.88. The van der Waals surface area contributed by atoms with Gasteiger partial charge in [-0.15, -0.1) is 0 Å². The van der Waals surface area contributed by atoms with E-state index in [4.69, 9.17) is 5.73 Å². The van der Waals surface area contributed by atoms with Crippen molar-refractivity contribution in [2.24, 2.45) is 0 Å². The molecule has 2 N–H and O–H groups in total. The number of nitrogens with zero attached hydrogens (tertiary/aromatic N) is 3. The summed E-state index contributed by atoms with van der Waals surface area (Å²) in [6.45, 7) is 2.81. The molecule has 6 nitrogen and oxygen atoms in total. The van der Waals surface area contributed by atoms with Crippen LogP contribution in [0.25, 0.3) is 0 Å². The molecular weight excluding hydrogens is 268 g/mol. The minimum Gasteiger partial charge on any atom is -0.397 e. The zero-order chi connectivity index (χ0) is 16.2. The minimum absolute atomic E-state index is 0.0133. The van der Waals surface area contributed by atoms with E-state index in [1.165, 1.54) is 9.80 Å². The molecule has 0 fully saturated rings. The van der Waals surface area contributed by atoms with Crippen LogP contribution >= 0.6 is 0 Å². The monoisotopic (exact) mass is 292 g/mol. The summed E-state index contributed by atoms with van der Waals surface area (Å²) in [5, 5.41) is 0. The third-order valence-corrected chi connectivity index (χ3v) is 3.23. The molecule has 0 aliphatic rings. The first-order valence-electron chi connectivity index (χ1n) is 6.84. The summed E-state index contributed by atoms with van der Waals surface area (Å²) in [6, 6.07) is 5.14. The van der Waals surface area contributed by atoms with E-state index >= 15 is 0 Å². The predicted molar refractivity (Wildman–Crippen MR) is 85.5 cm³/mol. The van der Waals surface area contributed by atoms with Crippen LogP contribution < -0.4 is 10.6 Å². The standard InChI is InChI=1S/C15H24N4O2/c1-6-19(10-14(20)17(2)3)13-9-11(7-8-12(13)16)15(21)18(4)5/h7-9H,6,10,16H2,1-5H3. The van der Waals surface area contributed by atoms with Crippen LogP contribution in [0.5, 0.6) is 0 Å². The van der Waals surface area contributed by atoms with Gasteiger partial charge in [-0.3, -0.25) is 9.59 Å². The Kier molecular flexibility index (Phi) is 5.58. The largest absolute Gasteiger partial charge is 0.397 e. The number of hydrogen-bond donors (Lipinski definition) is 1. The first-order valence-corrected chi connectivity index (χ1v) is 6.84. The van der Waals surface area contributed by atoms with E-state index in [2.05, 4.69) is 0 Å². The molecule has 0 aromatic heterocycles. The van der Waals surface area contributed by atoms with E-state index in [9.17, 15) is 9.59 Å². The summed E-state index contributed by atoms with van der Waals surface area (Å²) in [6.07, 6.45) is 0. The Bertz CT molecular complexity index is 526. The van der Waals surface area contributed by atoms with E-state index in [0.29, 0.717) is 23.5 Å². The number of amides is 2. The van der Waals surface area contributed by atoms with E-state index in [0.717, 1.165) is 0 Å². The van der Waals surface area contributed by atoms with Crippen LogP contribution in [-0.2, 0) is 4.79 Å². The highest BCUT2D eigenvalue weighted by molar-refractivity contribution is 5.96. The van der Waals surface area contributed by atoms with Gasteiger partial charge in [0.05, 0.1) is 17.9 Å². The van der Waals surface area contributed by atoms with E-state index in [1.54, 1.807) is 46.4 Å². The maximum atomic E-state index is 12.0. The molecule has 0 unspecified atom stereocenters. The van der Waals surface area contributed by atoms with Gasteiger partial charge in [0, 0.05) is 40.3 Å². The summed E-state index contributed by atoms with van der Waals surface area (Å²) >= 11 is 0. The first kappa shape index (κ1) is 16.8. The van der Waals surface area contributed by atoms with Crippen LogP contribution in [0.15, 0.2) is 18.2 Å². The molecule has 0 saturated carbocycles. The first-order chi connectivity index (χ1) is 9.77. The van der Waals surface area contributed by atoms with Crippen molar-refractivity contribution in [2.45, 2.75) is 6.92 Å². The van der Waals surface area contributed by atoms with Gasteiger partial charge in [-0.25, -0.2) is 0 Å². The number of nitrogen functional groups attached to an aromatic ring is 1. The maximum Gasteiger partial charge on any atom is 0.253 e. The van der Waals surface area contributed by atoms with Crippen molar-refractivity contribution in [3.8, 4) is 0 Å². The number of nitrogens with two attached hydrogens (primary N) is 1. The molecular formula is C15H24N4O2. The molecule has 0 bridgehead atoms. The molecule has 1 aromatic rings. The average molecular weight is 292 g/mol. The molecule has 0 atom stereocenters. The van der Waals surface area contributed by atoms with E-state index in [-0.39, 0.29) is 18.4 Å². The second-order valence-corrected chi connectivity index (χ2v) is 5.28. The van der Waals surface area contributed by atoms with Gasteiger partial charge < -0.3 is 20.4 Å². The molecule has 21 heavy (non-hydrogen) atoms. The van der Waals surface area contributed by atoms with Gasteiger partial charge in [0.2, 0.25) is 5.91 Å². The van der Waals surface area contributed by atoms with Crippen LogP contribution in [0.2, 0.25) is 0 Å². The van der Waals surface area contributed by atoms with Crippen LogP contribution in [-0.4, -0.2) is 62.9 Å². The molecule has 0 radical (unpaired) electrons. The highest BCUT2D eigenvalue weighted by atomic mass is 16.2. The smallest absolute Gasteiger partial charge is 0.253 e. The quantitative estimate of drug-likeness (QED) is 0.818. The molecule has 0 heterocycles. The molecule has 116 valence electrons. The van der Waals surface area contributed by atoms with Crippen molar-refractivity contribution in [2.75, 3.05) is 51.9 Å². The van der Waals surface area contributed by atoms with Crippen molar-refractivity contribution in [3.05, 3.63) is 23.8 Å². The molecule has 2 amide bonds. The van der Waals surface area contributed by atoms with E-state index in [1.807, 2.05) is 11.8 Å².